The van der Waals surface area contributed by atoms with Crippen LogP contribution in [0.1, 0.15) is 17.3 Å². The molecule has 1 unspecified atom stereocenters. The second kappa shape index (κ2) is 5.13. The molecule has 17 heavy (non-hydrogen) atoms. The van der Waals surface area contributed by atoms with E-state index in [2.05, 4.69) is 15.9 Å². The molecule has 1 rings (SSSR count). The van der Waals surface area contributed by atoms with Crippen molar-refractivity contribution in [2.24, 2.45) is 5.73 Å². The molecule has 7 heteroatoms. The maximum Gasteiger partial charge on any atom is 0.340 e. The molecule has 0 heterocycles. The van der Waals surface area contributed by atoms with Crippen LogP contribution in [0.2, 0.25) is 0 Å². The SMILES string of the molecule is CC(OC(=O)c1cc(N)c(F)cc1Br)C(N)=O. The number of hydrogen-bond acceptors (Lipinski definition) is 4. The Morgan fingerprint density at radius 3 is 2.59 bits per heavy atom. The highest BCUT2D eigenvalue weighted by Crippen LogP contribution is 2.23. The quantitative estimate of drug-likeness (QED) is 0.648. The number of nitrogen functional groups attached to an aromatic ring is 1. The average molecular weight is 305 g/mol. The lowest BCUT2D eigenvalue weighted by molar-refractivity contribution is -0.125. The van der Waals surface area contributed by atoms with Gasteiger partial charge >= 0.3 is 5.97 Å². The zero-order chi connectivity index (χ0) is 13.2. The van der Waals surface area contributed by atoms with Gasteiger partial charge in [-0.3, -0.25) is 4.79 Å². The molecule has 1 aromatic carbocycles. The third-order valence-electron chi connectivity index (χ3n) is 1.99. The molecular weight excluding hydrogens is 295 g/mol. The second-order valence-electron chi connectivity index (χ2n) is 3.30. The fraction of sp³-hybridized carbons (Fsp3) is 0.200. The smallest absolute Gasteiger partial charge is 0.340 e. The van der Waals surface area contributed by atoms with Crippen LogP contribution in [-0.2, 0) is 9.53 Å². The van der Waals surface area contributed by atoms with E-state index in [1.54, 1.807) is 0 Å². The number of anilines is 1. The molecule has 5 nitrogen and oxygen atoms in total. The van der Waals surface area contributed by atoms with Crippen molar-refractivity contribution in [1.82, 2.24) is 0 Å². The Labute approximate surface area is 105 Å². The third kappa shape index (κ3) is 3.16. The fourth-order valence-corrected chi connectivity index (χ4v) is 1.48. The lowest BCUT2D eigenvalue weighted by Gasteiger charge is -2.11. The van der Waals surface area contributed by atoms with Gasteiger partial charge < -0.3 is 16.2 Å². The third-order valence-corrected chi connectivity index (χ3v) is 2.65. The van der Waals surface area contributed by atoms with Crippen molar-refractivity contribution in [2.45, 2.75) is 13.0 Å². The number of rotatable bonds is 3. The van der Waals surface area contributed by atoms with Crippen LogP contribution in [-0.4, -0.2) is 18.0 Å². The Hall–Kier alpha value is -1.63. The van der Waals surface area contributed by atoms with Crippen LogP contribution >= 0.6 is 15.9 Å². The van der Waals surface area contributed by atoms with Crippen molar-refractivity contribution in [3.8, 4) is 0 Å². The van der Waals surface area contributed by atoms with Gasteiger partial charge in [0.15, 0.2) is 6.10 Å². The summed E-state index contributed by atoms with van der Waals surface area (Å²) >= 11 is 3.00. The van der Waals surface area contributed by atoms with E-state index in [0.717, 1.165) is 12.1 Å². The van der Waals surface area contributed by atoms with Crippen molar-refractivity contribution >= 4 is 33.5 Å². The average Bonchev–Trinajstić information content (AvgIpc) is 2.22. The Morgan fingerprint density at radius 1 is 1.47 bits per heavy atom. The van der Waals surface area contributed by atoms with E-state index in [-0.39, 0.29) is 15.7 Å². The van der Waals surface area contributed by atoms with E-state index < -0.39 is 23.8 Å². The largest absolute Gasteiger partial charge is 0.449 e. The first-order valence-electron chi connectivity index (χ1n) is 4.57. The Morgan fingerprint density at radius 2 is 2.06 bits per heavy atom. The molecule has 0 fully saturated rings. The van der Waals surface area contributed by atoms with Crippen LogP contribution in [0.25, 0.3) is 0 Å². The van der Waals surface area contributed by atoms with Gasteiger partial charge in [-0.25, -0.2) is 9.18 Å². The zero-order valence-corrected chi connectivity index (χ0v) is 10.5. The van der Waals surface area contributed by atoms with Crippen LogP contribution in [0, 0.1) is 5.82 Å². The molecule has 0 saturated heterocycles. The highest BCUT2D eigenvalue weighted by atomic mass is 79.9. The van der Waals surface area contributed by atoms with Crippen LogP contribution in [0.15, 0.2) is 16.6 Å². The molecule has 4 N–H and O–H groups in total. The summed E-state index contributed by atoms with van der Waals surface area (Å²) in [6.45, 7) is 1.33. The summed E-state index contributed by atoms with van der Waals surface area (Å²) in [7, 11) is 0. The molecule has 0 saturated carbocycles. The number of nitrogens with two attached hydrogens (primary N) is 2. The number of carbonyl (C=O) groups is 2. The predicted molar refractivity (Wildman–Crippen MR) is 62.6 cm³/mol. The predicted octanol–water partition coefficient (Wildman–Crippen LogP) is 1.20. The maximum absolute atomic E-state index is 13.0. The first-order chi connectivity index (χ1) is 7.82. The van der Waals surface area contributed by atoms with Crippen molar-refractivity contribution in [2.75, 3.05) is 5.73 Å². The molecule has 1 atom stereocenters. The molecule has 0 aromatic heterocycles. The molecule has 0 spiro atoms. The topological polar surface area (TPSA) is 95.4 Å². The molecule has 1 amide bonds. The van der Waals surface area contributed by atoms with Crippen LogP contribution in [0.4, 0.5) is 10.1 Å². The van der Waals surface area contributed by atoms with E-state index in [0.29, 0.717) is 0 Å². The summed E-state index contributed by atoms with van der Waals surface area (Å²) in [5, 5.41) is 0. The summed E-state index contributed by atoms with van der Waals surface area (Å²) < 4.78 is 18.0. The monoisotopic (exact) mass is 304 g/mol. The van der Waals surface area contributed by atoms with Crippen molar-refractivity contribution in [3.05, 3.63) is 28.0 Å². The number of halogens is 2. The van der Waals surface area contributed by atoms with Gasteiger partial charge in [0, 0.05) is 4.47 Å². The van der Waals surface area contributed by atoms with Gasteiger partial charge in [-0.1, -0.05) is 0 Å². The number of primary amides is 1. The molecule has 0 bridgehead atoms. The van der Waals surface area contributed by atoms with E-state index in [9.17, 15) is 14.0 Å². The zero-order valence-electron chi connectivity index (χ0n) is 8.87. The highest BCUT2D eigenvalue weighted by Gasteiger charge is 2.19. The summed E-state index contributed by atoms with van der Waals surface area (Å²) in [6.07, 6.45) is -1.07. The maximum atomic E-state index is 13.0. The first-order valence-corrected chi connectivity index (χ1v) is 5.37. The summed E-state index contributed by atoms with van der Waals surface area (Å²) in [5.74, 6) is -2.24. The first kappa shape index (κ1) is 13.4. The number of esters is 1. The summed E-state index contributed by atoms with van der Waals surface area (Å²) in [4.78, 5) is 22.3. The Kier molecular flexibility index (Phi) is 4.06. The number of carbonyl (C=O) groups excluding carboxylic acids is 2. The Balaban J connectivity index is 2.97. The summed E-state index contributed by atoms with van der Waals surface area (Å²) in [6, 6.07) is 2.16. The van der Waals surface area contributed by atoms with Crippen LogP contribution < -0.4 is 11.5 Å². The second-order valence-corrected chi connectivity index (χ2v) is 4.16. The van der Waals surface area contributed by atoms with Crippen LogP contribution in [0.5, 0.6) is 0 Å². The lowest BCUT2D eigenvalue weighted by atomic mass is 10.2. The van der Waals surface area contributed by atoms with Gasteiger partial charge in [-0.2, -0.15) is 0 Å². The van der Waals surface area contributed by atoms with E-state index >= 15 is 0 Å². The molecule has 1 aromatic rings. The molecule has 0 radical (unpaired) electrons. The van der Waals surface area contributed by atoms with Gasteiger partial charge in [0.25, 0.3) is 5.91 Å². The standard InChI is InChI=1S/C10H10BrFN2O3/c1-4(9(14)15)17-10(16)5-2-8(13)7(12)3-6(5)11/h2-4H,13H2,1H3,(H2,14,15). The molecule has 0 aliphatic carbocycles. The van der Waals surface area contributed by atoms with Crippen molar-refractivity contribution < 1.29 is 18.7 Å². The molecule has 0 aliphatic rings. The van der Waals surface area contributed by atoms with Crippen molar-refractivity contribution in [3.63, 3.8) is 0 Å². The molecule has 0 aliphatic heterocycles. The molecular formula is C10H10BrFN2O3. The lowest BCUT2D eigenvalue weighted by Crippen LogP contribution is -2.30. The van der Waals surface area contributed by atoms with Gasteiger partial charge in [0.1, 0.15) is 5.82 Å². The minimum absolute atomic E-state index is 0.0250. The molecule has 92 valence electrons. The number of hydrogen-bond donors (Lipinski definition) is 2. The fourth-order valence-electron chi connectivity index (χ4n) is 1.00. The van der Waals surface area contributed by atoms with E-state index in [1.165, 1.54) is 6.92 Å². The minimum atomic E-state index is -1.07. The van der Waals surface area contributed by atoms with Gasteiger partial charge in [-0.05, 0) is 35.0 Å². The minimum Gasteiger partial charge on any atom is -0.449 e. The van der Waals surface area contributed by atoms with E-state index in [1.807, 2.05) is 0 Å². The number of benzene rings is 1. The van der Waals surface area contributed by atoms with E-state index in [4.69, 9.17) is 16.2 Å². The van der Waals surface area contributed by atoms with Gasteiger partial charge in [-0.15, -0.1) is 0 Å². The Bertz CT molecular complexity index is 479. The van der Waals surface area contributed by atoms with Crippen LogP contribution in [0.3, 0.4) is 0 Å². The van der Waals surface area contributed by atoms with Gasteiger partial charge in [0.05, 0.1) is 11.3 Å². The van der Waals surface area contributed by atoms with Crippen molar-refractivity contribution in [1.29, 1.82) is 0 Å². The number of ether oxygens (including phenoxy) is 1. The summed E-state index contributed by atoms with van der Waals surface area (Å²) in [5.41, 5.74) is 10.1. The normalized spacial score (nSPS) is 11.9. The van der Waals surface area contributed by atoms with Gasteiger partial charge in [0.2, 0.25) is 0 Å². The highest BCUT2D eigenvalue weighted by molar-refractivity contribution is 9.10. The number of amides is 1.